The van der Waals surface area contributed by atoms with E-state index >= 15 is 0 Å². The number of carbonyl (C=O) groups excluding carboxylic acids is 1. The molecule has 0 radical (unpaired) electrons. The second-order valence-corrected chi connectivity index (χ2v) is 6.01. The van der Waals surface area contributed by atoms with Gasteiger partial charge in [0.05, 0.1) is 5.69 Å². The molecular weight excluding hydrogens is 254 g/mol. The predicted octanol–water partition coefficient (Wildman–Crippen LogP) is 1.58. The third kappa shape index (κ3) is 2.62. The van der Waals surface area contributed by atoms with E-state index < -0.39 is 0 Å². The molecule has 108 valence electrons. The van der Waals surface area contributed by atoms with Gasteiger partial charge in [-0.05, 0) is 32.6 Å². The maximum Gasteiger partial charge on any atom is 0.251 e. The van der Waals surface area contributed by atoms with Gasteiger partial charge in [-0.25, -0.2) is 4.98 Å². The molecule has 1 aliphatic carbocycles. The van der Waals surface area contributed by atoms with Crippen molar-refractivity contribution in [1.29, 1.82) is 0 Å². The van der Waals surface area contributed by atoms with Crippen molar-refractivity contribution in [2.75, 3.05) is 13.1 Å². The summed E-state index contributed by atoms with van der Waals surface area (Å²) in [5, 5.41) is 0. The smallest absolute Gasteiger partial charge is 0.251 e. The second kappa shape index (κ2) is 5.38. The fourth-order valence-corrected chi connectivity index (χ4v) is 3.14. The minimum atomic E-state index is -0.102. The monoisotopic (exact) mass is 275 g/mol. The molecule has 1 atom stereocenters. The average Bonchev–Trinajstić information content (AvgIpc) is 2.35. The van der Waals surface area contributed by atoms with E-state index in [2.05, 4.69) is 9.97 Å². The summed E-state index contributed by atoms with van der Waals surface area (Å²) in [4.78, 5) is 33.0. The average molecular weight is 275 g/mol. The van der Waals surface area contributed by atoms with Crippen LogP contribution in [0.3, 0.4) is 0 Å². The molecule has 2 heterocycles. The number of nitrogens with zero attached hydrogens (tertiary/aromatic N) is 2. The summed E-state index contributed by atoms with van der Waals surface area (Å²) >= 11 is 0. The summed E-state index contributed by atoms with van der Waals surface area (Å²) in [7, 11) is 0. The Morgan fingerprint density at radius 2 is 2.15 bits per heavy atom. The van der Waals surface area contributed by atoms with Crippen molar-refractivity contribution in [2.24, 2.45) is 5.92 Å². The van der Waals surface area contributed by atoms with Gasteiger partial charge in [0.1, 0.15) is 5.82 Å². The van der Waals surface area contributed by atoms with E-state index in [-0.39, 0.29) is 17.4 Å². The molecule has 1 amide bonds. The number of carbonyl (C=O) groups is 1. The lowest BCUT2D eigenvalue weighted by Gasteiger charge is -2.37. The summed E-state index contributed by atoms with van der Waals surface area (Å²) < 4.78 is 0. The van der Waals surface area contributed by atoms with Crippen molar-refractivity contribution in [2.45, 2.75) is 44.9 Å². The highest BCUT2D eigenvalue weighted by Crippen LogP contribution is 2.31. The molecule has 2 aliphatic rings. The Hall–Kier alpha value is -1.65. The molecule has 20 heavy (non-hydrogen) atoms. The van der Waals surface area contributed by atoms with E-state index in [1.54, 1.807) is 13.0 Å². The van der Waals surface area contributed by atoms with Crippen LogP contribution in [0.15, 0.2) is 10.9 Å². The molecular formula is C15H21N3O2. The van der Waals surface area contributed by atoms with Crippen LogP contribution in [-0.4, -0.2) is 33.9 Å². The van der Waals surface area contributed by atoms with Gasteiger partial charge in [0.25, 0.3) is 5.56 Å². The molecule has 1 aliphatic heterocycles. The first-order chi connectivity index (χ1) is 9.63. The van der Waals surface area contributed by atoms with Crippen molar-refractivity contribution in [3.05, 3.63) is 27.9 Å². The summed E-state index contributed by atoms with van der Waals surface area (Å²) in [6, 6.07) is 1.58. The van der Waals surface area contributed by atoms with Gasteiger partial charge < -0.3 is 9.88 Å². The summed E-state index contributed by atoms with van der Waals surface area (Å²) in [6.45, 7) is 3.37. The van der Waals surface area contributed by atoms with Crippen LogP contribution in [0.25, 0.3) is 0 Å². The molecule has 0 spiro atoms. The SMILES string of the molecule is Cc1nc(C2CCCN(C(=O)C3CCC3)C2)cc(=O)[nH]1. The van der Waals surface area contributed by atoms with Crippen molar-refractivity contribution in [3.8, 4) is 0 Å². The number of likely N-dealkylation sites (tertiary alicyclic amines) is 1. The van der Waals surface area contributed by atoms with Gasteiger partial charge in [-0.1, -0.05) is 6.42 Å². The number of aromatic nitrogens is 2. The Balaban J connectivity index is 1.74. The van der Waals surface area contributed by atoms with Crippen LogP contribution < -0.4 is 5.56 Å². The van der Waals surface area contributed by atoms with Crippen LogP contribution in [0, 0.1) is 12.8 Å². The molecule has 0 aromatic carbocycles. The zero-order valence-electron chi connectivity index (χ0n) is 11.9. The van der Waals surface area contributed by atoms with Crippen molar-refractivity contribution in [3.63, 3.8) is 0 Å². The number of amides is 1. The van der Waals surface area contributed by atoms with E-state index in [1.165, 1.54) is 6.42 Å². The van der Waals surface area contributed by atoms with Crippen molar-refractivity contribution in [1.82, 2.24) is 14.9 Å². The molecule has 5 heteroatoms. The first-order valence-electron chi connectivity index (χ1n) is 7.50. The lowest BCUT2D eigenvalue weighted by Crippen LogP contribution is -2.44. The summed E-state index contributed by atoms with van der Waals surface area (Å²) in [5.74, 6) is 1.41. The number of aromatic amines is 1. The van der Waals surface area contributed by atoms with Crippen LogP contribution in [-0.2, 0) is 4.79 Å². The normalized spacial score (nSPS) is 23.4. The molecule has 0 bridgehead atoms. The van der Waals surface area contributed by atoms with Crippen LogP contribution in [0.4, 0.5) is 0 Å². The molecule has 1 unspecified atom stereocenters. The Labute approximate surface area is 118 Å². The van der Waals surface area contributed by atoms with Crippen molar-refractivity contribution < 1.29 is 4.79 Å². The first-order valence-corrected chi connectivity index (χ1v) is 7.50. The van der Waals surface area contributed by atoms with E-state index in [0.717, 1.165) is 37.9 Å². The Morgan fingerprint density at radius 3 is 2.80 bits per heavy atom. The largest absolute Gasteiger partial charge is 0.342 e. The van der Waals surface area contributed by atoms with Gasteiger partial charge in [0, 0.05) is 31.0 Å². The topological polar surface area (TPSA) is 66.1 Å². The highest BCUT2D eigenvalue weighted by molar-refractivity contribution is 5.79. The summed E-state index contributed by atoms with van der Waals surface area (Å²) in [6.07, 6.45) is 5.27. The molecule has 1 saturated carbocycles. The minimum Gasteiger partial charge on any atom is -0.342 e. The lowest BCUT2D eigenvalue weighted by atomic mass is 9.83. The fourth-order valence-electron chi connectivity index (χ4n) is 3.14. The third-order valence-electron chi connectivity index (χ3n) is 4.49. The number of aryl methyl sites for hydroxylation is 1. The first kappa shape index (κ1) is 13.3. The maximum atomic E-state index is 12.3. The molecule has 1 aromatic heterocycles. The highest BCUT2D eigenvalue weighted by Gasteiger charge is 2.32. The Morgan fingerprint density at radius 1 is 1.35 bits per heavy atom. The van der Waals surface area contributed by atoms with E-state index in [1.807, 2.05) is 4.90 Å². The van der Waals surface area contributed by atoms with E-state index in [4.69, 9.17) is 0 Å². The third-order valence-corrected chi connectivity index (χ3v) is 4.49. The van der Waals surface area contributed by atoms with Gasteiger partial charge in [-0.15, -0.1) is 0 Å². The number of hydrogen-bond donors (Lipinski definition) is 1. The predicted molar refractivity (Wildman–Crippen MR) is 75.5 cm³/mol. The van der Waals surface area contributed by atoms with Gasteiger partial charge in [-0.2, -0.15) is 0 Å². The fraction of sp³-hybridized carbons (Fsp3) is 0.667. The molecule has 1 N–H and O–H groups in total. The molecule has 5 nitrogen and oxygen atoms in total. The van der Waals surface area contributed by atoms with Crippen LogP contribution in [0.5, 0.6) is 0 Å². The Kier molecular flexibility index (Phi) is 3.59. The quantitative estimate of drug-likeness (QED) is 0.891. The van der Waals surface area contributed by atoms with Crippen LogP contribution >= 0.6 is 0 Å². The molecule has 1 aromatic rings. The molecule has 3 rings (SSSR count). The van der Waals surface area contributed by atoms with Gasteiger partial charge in [-0.3, -0.25) is 9.59 Å². The van der Waals surface area contributed by atoms with E-state index in [0.29, 0.717) is 18.3 Å². The number of nitrogens with one attached hydrogen (secondary N) is 1. The lowest BCUT2D eigenvalue weighted by molar-refractivity contribution is -0.139. The molecule has 2 fully saturated rings. The summed E-state index contributed by atoms with van der Waals surface area (Å²) in [5.41, 5.74) is 0.729. The van der Waals surface area contributed by atoms with E-state index in [9.17, 15) is 9.59 Å². The Bertz CT molecular complexity index is 562. The number of piperidine rings is 1. The zero-order valence-corrected chi connectivity index (χ0v) is 11.9. The second-order valence-electron chi connectivity index (χ2n) is 6.01. The minimum absolute atomic E-state index is 0.102. The van der Waals surface area contributed by atoms with Gasteiger partial charge >= 0.3 is 0 Å². The maximum absolute atomic E-state index is 12.3. The number of hydrogen-bond acceptors (Lipinski definition) is 3. The number of rotatable bonds is 2. The molecule has 1 saturated heterocycles. The van der Waals surface area contributed by atoms with Gasteiger partial charge in [0.2, 0.25) is 5.91 Å². The highest BCUT2D eigenvalue weighted by atomic mass is 16.2. The number of H-pyrrole nitrogens is 1. The standard InChI is InChI=1S/C15H21N3O2/c1-10-16-13(8-14(19)17-10)12-6-3-7-18(9-12)15(20)11-4-2-5-11/h8,11-12H,2-7,9H2,1H3,(H,16,17,19). The van der Waals surface area contributed by atoms with Crippen molar-refractivity contribution >= 4 is 5.91 Å². The zero-order chi connectivity index (χ0) is 14.1. The van der Waals surface area contributed by atoms with Crippen LogP contribution in [0.1, 0.15) is 49.5 Å². The van der Waals surface area contributed by atoms with Gasteiger partial charge in [0.15, 0.2) is 0 Å². The van der Waals surface area contributed by atoms with Crippen LogP contribution in [0.2, 0.25) is 0 Å².